The average Bonchev–Trinajstić information content (AvgIpc) is 3.31. The summed E-state index contributed by atoms with van der Waals surface area (Å²) in [5.74, 6) is 1.87. The summed E-state index contributed by atoms with van der Waals surface area (Å²) < 4.78 is 0. The van der Waals surface area contributed by atoms with Gasteiger partial charge in [-0.1, -0.05) is 127 Å². The normalized spacial score (nSPS) is 11.4. The van der Waals surface area contributed by atoms with Crippen LogP contribution < -0.4 is 0 Å². The van der Waals surface area contributed by atoms with Gasteiger partial charge in [0.15, 0.2) is 17.5 Å². The number of aromatic nitrogens is 5. The van der Waals surface area contributed by atoms with Crippen molar-refractivity contribution in [2.24, 2.45) is 0 Å². The summed E-state index contributed by atoms with van der Waals surface area (Å²) in [6, 6.07) is 62.1. The van der Waals surface area contributed by atoms with Gasteiger partial charge in [-0.25, -0.2) is 15.0 Å². The number of nitrogens with zero attached hydrogens (tertiary/aromatic N) is 5. The zero-order valence-corrected chi connectivity index (χ0v) is 31.3. The van der Waals surface area contributed by atoms with Crippen molar-refractivity contribution in [2.45, 2.75) is 0 Å². The molecule has 0 spiro atoms. The molecule has 0 saturated heterocycles. The molecule has 0 saturated carbocycles. The van der Waals surface area contributed by atoms with Crippen LogP contribution in [0.5, 0.6) is 0 Å². The van der Waals surface area contributed by atoms with Gasteiger partial charge in [-0.3, -0.25) is 9.97 Å². The molecule has 5 nitrogen and oxygen atoms in total. The van der Waals surface area contributed by atoms with Crippen molar-refractivity contribution in [2.75, 3.05) is 0 Å². The summed E-state index contributed by atoms with van der Waals surface area (Å²) in [6.45, 7) is 0. The maximum atomic E-state index is 5.32. The summed E-state index contributed by atoms with van der Waals surface area (Å²) in [4.78, 5) is 24.1. The van der Waals surface area contributed by atoms with Crippen LogP contribution in [-0.4, -0.2) is 24.9 Å². The average molecular weight is 740 g/mol. The second kappa shape index (κ2) is 14.0. The Morgan fingerprint density at radius 2 is 0.690 bits per heavy atom. The molecule has 270 valence electrons. The Hall–Kier alpha value is -7.89. The van der Waals surface area contributed by atoms with E-state index in [1.807, 2.05) is 67.3 Å². The Kier molecular flexibility index (Phi) is 8.07. The topological polar surface area (TPSA) is 64.5 Å². The number of pyridine rings is 2. The molecule has 8 aromatic carbocycles. The highest BCUT2D eigenvalue weighted by Crippen LogP contribution is 2.40. The van der Waals surface area contributed by atoms with Gasteiger partial charge in [0.25, 0.3) is 0 Å². The van der Waals surface area contributed by atoms with E-state index in [4.69, 9.17) is 15.0 Å². The van der Waals surface area contributed by atoms with Crippen LogP contribution in [0.3, 0.4) is 0 Å². The molecule has 0 radical (unpaired) electrons. The summed E-state index contributed by atoms with van der Waals surface area (Å²) in [5.41, 5.74) is 11.7. The number of hydrogen-bond acceptors (Lipinski definition) is 5. The van der Waals surface area contributed by atoms with Gasteiger partial charge in [0.1, 0.15) is 0 Å². The van der Waals surface area contributed by atoms with E-state index >= 15 is 0 Å². The van der Waals surface area contributed by atoms with Crippen molar-refractivity contribution in [3.8, 4) is 78.7 Å². The largest absolute Gasteiger partial charge is 0.265 e. The maximum absolute atomic E-state index is 5.32. The van der Waals surface area contributed by atoms with Crippen LogP contribution in [0, 0.1) is 0 Å². The lowest BCUT2D eigenvalue weighted by molar-refractivity contribution is 1.08. The predicted molar refractivity (Wildman–Crippen MR) is 237 cm³/mol. The Morgan fingerprint density at radius 1 is 0.259 bits per heavy atom. The van der Waals surface area contributed by atoms with Crippen LogP contribution in [0.25, 0.3) is 111 Å². The fraction of sp³-hybridized carbons (Fsp3) is 0. The molecule has 0 aliphatic rings. The molecule has 0 fully saturated rings. The molecule has 0 amide bonds. The summed E-state index contributed by atoms with van der Waals surface area (Å²) >= 11 is 0. The fourth-order valence-electron chi connectivity index (χ4n) is 8.16. The lowest BCUT2D eigenvalue weighted by Gasteiger charge is -2.15. The Balaban J connectivity index is 1.11. The highest BCUT2D eigenvalue weighted by Gasteiger charge is 2.18. The van der Waals surface area contributed by atoms with Crippen LogP contribution >= 0.6 is 0 Å². The molecule has 0 aliphatic carbocycles. The first-order valence-corrected chi connectivity index (χ1v) is 19.4. The predicted octanol–water partition coefficient (Wildman–Crippen LogP) is 13.2. The first kappa shape index (κ1) is 33.4. The Labute approximate surface area is 335 Å². The third-order valence-corrected chi connectivity index (χ3v) is 11.1. The van der Waals surface area contributed by atoms with E-state index in [1.54, 1.807) is 0 Å². The maximum Gasteiger partial charge on any atom is 0.164 e. The zero-order valence-electron chi connectivity index (χ0n) is 31.3. The highest BCUT2D eigenvalue weighted by atomic mass is 15.0. The lowest BCUT2D eigenvalue weighted by Crippen LogP contribution is -2.01. The fourth-order valence-corrected chi connectivity index (χ4v) is 8.16. The van der Waals surface area contributed by atoms with Crippen LogP contribution in [0.4, 0.5) is 0 Å². The third kappa shape index (κ3) is 6.03. The molecule has 0 N–H and O–H groups in total. The SMILES string of the molecule is c1ccc(-c2nc(-c3cc(-c4ccc(-c5ccncc5)cc4)cc(-c4ccc(-c5ccncc5)cc4)c3)nc(-c3ccc4ccc5cccc6ccc3c4c56)n2)cc1. The molecule has 3 aromatic heterocycles. The third-order valence-electron chi connectivity index (χ3n) is 11.1. The minimum absolute atomic E-state index is 0.611. The molecule has 0 atom stereocenters. The zero-order chi connectivity index (χ0) is 38.4. The Morgan fingerprint density at radius 3 is 1.26 bits per heavy atom. The van der Waals surface area contributed by atoms with Crippen molar-refractivity contribution in [1.29, 1.82) is 0 Å². The first-order valence-electron chi connectivity index (χ1n) is 19.4. The van der Waals surface area contributed by atoms with Gasteiger partial charge in [0, 0.05) is 41.5 Å². The Bertz CT molecular complexity index is 3120. The molecule has 5 heteroatoms. The molecule has 58 heavy (non-hydrogen) atoms. The first-order chi connectivity index (χ1) is 28.7. The molecule has 11 rings (SSSR count). The van der Waals surface area contributed by atoms with Gasteiger partial charge >= 0.3 is 0 Å². The molecular weight excluding hydrogens is 707 g/mol. The van der Waals surface area contributed by atoms with Crippen molar-refractivity contribution in [1.82, 2.24) is 24.9 Å². The molecule has 0 aliphatic heterocycles. The van der Waals surface area contributed by atoms with E-state index in [0.29, 0.717) is 17.5 Å². The quantitative estimate of drug-likeness (QED) is 0.152. The van der Waals surface area contributed by atoms with Crippen molar-refractivity contribution in [3.63, 3.8) is 0 Å². The molecule has 0 bridgehead atoms. The summed E-state index contributed by atoms with van der Waals surface area (Å²) in [6.07, 6.45) is 7.31. The van der Waals surface area contributed by atoms with E-state index in [-0.39, 0.29) is 0 Å². The van der Waals surface area contributed by atoms with E-state index in [1.165, 1.54) is 26.9 Å². The van der Waals surface area contributed by atoms with Crippen molar-refractivity contribution >= 4 is 32.3 Å². The molecule has 0 unspecified atom stereocenters. The van der Waals surface area contributed by atoms with Gasteiger partial charge in [0.05, 0.1) is 0 Å². The van der Waals surface area contributed by atoms with E-state index < -0.39 is 0 Å². The highest BCUT2D eigenvalue weighted by molar-refractivity contribution is 6.25. The number of hydrogen-bond donors (Lipinski definition) is 0. The lowest BCUT2D eigenvalue weighted by atomic mass is 9.91. The summed E-state index contributed by atoms with van der Waals surface area (Å²) in [5, 5.41) is 7.26. The van der Waals surface area contributed by atoms with Gasteiger partial charge in [0.2, 0.25) is 0 Å². The molecular formula is C53H33N5. The van der Waals surface area contributed by atoms with Crippen molar-refractivity contribution in [3.05, 3.63) is 201 Å². The summed E-state index contributed by atoms with van der Waals surface area (Å²) in [7, 11) is 0. The van der Waals surface area contributed by atoms with Gasteiger partial charge in [-0.2, -0.15) is 0 Å². The van der Waals surface area contributed by atoms with Crippen LogP contribution in [0.1, 0.15) is 0 Å². The van der Waals surface area contributed by atoms with Crippen LogP contribution in [0.15, 0.2) is 201 Å². The monoisotopic (exact) mass is 739 g/mol. The molecule has 11 aromatic rings. The van der Waals surface area contributed by atoms with Gasteiger partial charge in [-0.05, 0) is 125 Å². The second-order valence-corrected chi connectivity index (χ2v) is 14.6. The number of benzene rings is 8. The minimum atomic E-state index is 0.611. The van der Waals surface area contributed by atoms with Gasteiger partial charge in [-0.15, -0.1) is 0 Å². The number of rotatable bonds is 7. The van der Waals surface area contributed by atoms with Gasteiger partial charge < -0.3 is 0 Å². The van der Waals surface area contributed by atoms with Crippen molar-refractivity contribution < 1.29 is 0 Å². The second-order valence-electron chi connectivity index (χ2n) is 14.6. The van der Waals surface area contributed by atoms with E-state index in [9.17, 15) is 0 Å². The van der Waals surface area contributed by atoms with E-state index in [0.717, 1.165) is 66.6 Å². The molecule has 3 heterocycles. The standard InChI is InChI=1S/C53H33N5/c1-2-5-43(6-3-1)51-56-52(58-53(57-51)48-22-20-42-18-17-40-7-4-8-41-19-21-47(48)50(42)49(40)41)46-32-44(36-13-9-34(10-14-36)38-23-27-54-28-24-38)31-45(33-46)37-15-11-35(12-16-37)39-25-29-55-30-26-39/h1-33H. The van der Waals surface area contributed by atoms with E-state index in [2.05, 4.69) is 143 Å². The van der Waals surface area contributed by atoms with Crippen LogP contribution in [0.2, 0.25) is 0 Å². The minimum Gasteiger partial charge on any atom is -0.265 e. The smallest absolute Gasteiger partial charge is 0.164 e. The van der Waals surface area contributed by atoms with Crippen LogP contribution in [-0.2, 0) is 0 Å².